The number of aliphatic hydroxyl groups excluding tert-OH is 1. The number of unbranched alkanes of at least 4 members (excludes halogenated alkanes) is 1. The first-order chi connectivity index (χ1) is 24.9. The molecular formula is C43H54MgN4O5-2. The van der Waals surface area contributed by atoms with Gasteiger partial charge in [-0.1, -0.05) is 91.8 Å². The van der Waals surface area contributed by atoms with E-state index in [0.717, 1.165) is 77.3 Å². The molecule has 1 N–H and O–H groups in total. The van der Waals surface area contributed by atoms with Crippen LogP contribution in [0.25, 0.3) is 28.4 Å². The molecule has 5 heterocycles. The average molecular weight is 731 g/mol. The molecular weight excluding hydrogens is 677 g/mol. The molecule has 1 fully saturated rings. The Bertz CT molecular complexity index is 1990. The van der Waals surface area contributed by atoms with E-state index >= 15 is 0 Å². The van der Waals surface area contributed by atoms with Crippen molar-refractivity contribution >= 4 is 52.7 Å². The molecule has 8 bridgehead atoms. The van der Waals surface area contributed by atoms with E-state index in [4.69, 9.17) is 30.1 Å². The van der Waals surface area contributed by atoms with Crippen LogP contribution >= 0.6 is 0 Å². The molecule has 4 aliphatic rings. The molecule has 9 nitrogen and oxygen atoms in total. The van der Waals surface area contributed by atoms with E-state index in [1.807, 2.05) is 19.1 Å². The summed E-state index contributed by atoms with van der Waals surface area (Å²) in [4.78, 5) is 36.9. The topological polar surface area (TPSA) is 129 Å². The molecule has 1 saturated heterocycles. The number of hydrogen-bond acceptors (Lipinski definition) is 5. The fourth-order valence-electron chi connectivity index (χ4n) is 8.67. The van der Waals surface area contributed by atoms with Crippen molar-refractivity contribution in [2.45, 2.75) is 112 Å². The van der Waals surface area contributed by atoms with E-state index in [-0.39, 0.29) is 59.8 Å². The van der Waals surface area contributed by atoms with Crippen LogP contribution in [0.4, 0.5) is 0 Å². The molecule has 2 aromatic heterocycles. The van der Waals surface area contributed by atoms with Crippen LogP contribution in [0.1, 0.15) is 120 Å². The maximum atomic E-state index is 13.5. The number of aromatic nitrogens is 2. The van der Waals surface area contributed by atoms with Crippen molar-refractivity contribution < 1.29 is 24.2 Å². The van der Waals surface area contributed by atoms with Gasteiger partial charge in [-0.2, -0.15) is 11.4 Å². The standard InChI is InChI=1S/C43H54N4O5.Mg/c1-10-13-14-22(4)17-18-52-36(48)16-15-29-25(7)32-19-30-23(5)27(11-2)34(44-30)20-31-24(6)28(12-3)35(45-31)21-33-26(8)37-41(47-33)38(40(29)46-32)39(42(37)49)43(50)51-9;/h17,19-21,25,27,29,39-40,42,49H,10-16,18H2,1-9H3;/q-4;+2/b22-17+,32-19-,33-21-,34-20-;/t25-,27+,29-,39+,40?,42-;/m0./s1. The molecule has 10 heteroatoms. The van der Waals surface area contributed by atoms with Gasteiger partial charge in [0.25, 0.3) is 0 Å². The fourth-order valence-corrected chi connectivity index (χ4v) is 8.67. The van der Waals surface area contributed by atoms with Gasteiger partial charge in [0.15, 0.2) is 0 Å². The van der Waals surface area contributed by atoms with Gasteiger partial charge in [-0.25, -0.2) is 0 Å². The number of methoxy groups -OCH3 is 1. The van der Waals surface area contributed by atoms with Gasteiger partial charge in [0.05, 0.1) is 13.2 Å². The molecule has 2 aromatic rings. The minimum atomic E-state index is -1.14. The van der Waals surface area contributed by atoms with Crippen LogP contribution in [-0.4, -0.2) is 59.9 Å². The second kappa shape index (κ2) is 16.9. The van der Waals surface area contributed by atoms with Crippen molar-refractivity contribution in [1.82, 2.24) is 9.97 Å². The molecule has 53 heavy (non-hydrogen) atoms. The molecule has 1 aliphatic carbocycles. The van der Waals surface area contributed by atoms with Gasteiger partial charge in [0.1, 0.15) is 12.5 Å². The monoisotopic (exact) mass is 730 g/mol. The second-order valence-corrected chi connectivity index (χ2v) is 15.0. The van der Waals surface area contributed by atoms with E-state index in [1.165, 1.54) is 18.3 Å². The minimum absolute atomic E-state index is 0. The summed E-state index contributed by atoms with van der Waals surface area (Å²) < 4.78 is 11.0. The van der Waals surface area contributed by atoms with Crippen LogP contribution in [0.2, 0.25) is 0 Å². The van der Waals surface area contributed by atoms with Gasteiger partial charge in [0, 0.05) is 6.42 Å². The number of esters is 2. The molecule has 6 rings (SSSR count). The number of nitrogens with zero attached hydrogens (tertiary/aromatic N) is 4. The number of rotatable bonds is 11. The number of carbonyl (C=O) groups is 2. The fraction of sp³-hybridized carbons (Fsp3) is 0.535. The normalized spacial score (nSPS) is 27.2. The van der Waals surface area contributed by atoms with E-state index in [1.54, 1.807) is 0 Å². The molecule has 0 amide bonds. The van der Waals surface area contributed by atoms with Gasteiger partial charge in [-0.3, -0.25) is 9.59 Å². The van der Waals surface area contributed by atoms with Gasteiger partial charge >= 0.3 is 35.0 Å². The molecule has 0 aromatic carbocycles. The molecule has 3 aliphatic heterocycles. The Morgan fingerprint density at radius 1 is 0.981 bits per heavy atom. The summed E-state index contributed by atoms with van der Waals surface area (Å²) in [5.41, 5.74) is 11.3. The van der Waals surface area contributed by atoms with Gasteiger partial charge in [-0.15, -0.1) is 27.8 Å². The van der Waals surface area contributed by atoms with Gasteiger partial charge in [0.2, 0.25) is 0 Å². The zero-order valence-corrected chi connectivity index (χ0v) is 34.4. The summed E-state index contributed by atoms with van der Waals surface area (Å²) in [6.45, 7) is 17.1. The number of fused-ring (bicyclic) bond motifs is 8. The second-order valence-electron chi connectivity index (χ2n) is 15.0. The molecule has 280 valence electrons. The first kappa shape index (κ1) is 40.7. The Kier molecular flexibility index (Phi) is 13.0. The Morgan fingerprint density at radius 3 is 2.42 bits per heavy atom. The predicted octanol–water partition coefficient (Wildman–Crippen LogP) is 6.61. The van der Waals surface area contributed by atoms with Crippen LogP contribution < -0.4 is 20.7 Å². The summed E-state index contributed by atoms with van der Waals surface area (Å²) in [5, 5.41) is 23.7. The Morgan fingerprint density at radius 2 is 1.74 bits per heavy atom. The van der Waals surface area contributed by atoms with Crippen LogP contribution in [0.15, 0.2) is 40.4 Å². The van der Waals surface area contributed by atoms with E-state index in [2.05, 4.69) is 60.6 Å². The van der Waals surface area contributed by atoms with Crippen LogP contribution in [0.3, 0.4) is 0 Å². The first-order valence-corrected chi connectivity index (χ1v) is 19.1. The Hall–Kier alpha value is -3.47. The summed E-state index contributed by atoms with van der Waals surface area (Å²) in [6, 6.07) is -0.517. The van der Waals surface area contributed by atoms with Crippen LogP contribution in [0.5, 0.6) is 0 Å². The van der Waals surface area contributed by atoms with Crippen LogP contribution in [0, 0.1) is 37.5 Å². The summed E-state index contributed by atoms with van der Waals surface area (Å²) in [5.74, 6) is -1.84. The third-order valence-corrected chi connectivity index (χ3v) is 11.9. The number of ether oxygens (including phenoxy) is 2. The maximum absolute atomic E-state index is 13.5. The van der Waals surface area contributed by atoms with Crippen molar-refractivity contribution in [3.8, 4) is 0 Å². The molecule has 0 radical (unpaired) electrons. The van der Waals surface area contributed by atoms with Gasteiger partial charge < -0.3 is 35.2 Å². The van der Waals surface area contributed by atoms with E-state index < -0.39 is 24.0 Å². The molecule has 0 saturated carbocycles. The molecule has 0 spiro atoms. The quantitative estimate of drug-likeness (QED) is 0.157. The predicted molar refractivity (Wildman–Crippen MR) is 210 cm³/mol. The average Bonchev–Trinajstić information content (AvgIpc) is 3.86. The summed E-state index contributed by atoms with van der Waals surface area (Å²) in [6.07, 6.45) is 12.7. The van der Waals surface area contributed by atoms with E-state index in [0.29, 0.717) is 28.3 Å². The number of allylic oxidation sites excluding steroid dienone is 4. The first-order valence-electron chi connectivity index (χ1n) is 19.1. The zero-order chi connectivity index (χ0) is 37.4. The summed E-state index contributed by atoms with van der Waals surface area (Å²) >= 11 is 0. The number of aliphatic hydroxyl groups is 1. The molecule has 1 unspecified atom stereocenters. The smallest absolute Gasteiger partial charge is 0.681 e. The third kappa shape index (κ3) is 7.61. The molecule has 6 atom stereocenters. The Balaban J connectivity index is 0.00000541. The van der Waals surface area contributed by atoms with Crippen molar-refractivity contribution in [3.63, 3.8) is 0 Å². The van der Waals surface area contributed by atoms with Crippen molar-refractivity contribution in [3.05, 3.63) is 95.4 Å². The van der Waals surface area contributed by atoms with Gasteiger partial charge in [-0.05, 0) is 89.2 Å². The van der Waals surface area contributed by atoms with Crippen molar-refractivity contribution in [2.75, 3.05) is 13.7 Å². The third-order valence-electron chi connectivity index (χ3n) is 11.9. The van der Waals surface area contributed by atoms with E-state index in [9.17, 15) is 14.7 Å². The zero-order valence-electron chi connectivity index (χ0n) is 33.0. The Labute approximate surface area is 330 Å². The maximum Gasteiger partial charge on any atom is 2.00 e. The van der Waals surface area contributed by atoms with Crippen LogP contribution in [-0.2, 0) is 25.5 Å². The van der Waals surface area contributed by atoms with Crippen molar-refractivity contribution in [2.24, 2.45) is 23.7 Å². The van der Waals surface area contributed by atoms with Crippen molar-refractivity contribution in [1.29, 1.82) is 0 Å². The number of hydrogen-bond donors (Lipinski definition) is 1. The largest absolute Gasteiger partial charge is 2.00 e. The minimum Gasteiger partial charge on any atom is -0.681 e. The number of carbonyl (C=O) groups excluding carboxylic acids is 2. The summed E-state index contributed by atoms with van der Waals surface area (Å²) in [7, 11) is 1.35. The SMILES string of the molecule is CCCC/C(C)=C/COC(=O)CC[C@@H]1C2[N-]/C(=C\C3=C(C)[C@@H](CC)/C(=C/c4[n-]c(c(CC)c4C)/C=c4\[n-]c5c(c4C)[C@H](O)[C@H](C(=O)OC)C=52)[N-]3)[C@H]1C.[Mg+2].